The van der Waals surface area contributed by atoms with Crippen LogP contribution in [0.15, 0.2) is 36.5 Å². The lowest BCUT2D eigenvalue weighted by Crippen LogP contribution is -2.39. The third-order valence-corrected chi connectivity index (χ3v) is 3.93. The van der Waals surface area contributed by atoms with Crippen molar-refractivity contribution in [3.05, 3.63) is 56.9 Å². The van der Waals surface area contributed by atoms with E-state index in [1.807, 2.05) is 11.0 Å². The topological polar surface area (TPSA) is 45.2 Å². The zero-order chi connectivity index (χ0) is 14.1. The molecule has 1 aromatic heterocycles. The molecule has 4 nitrogen and oxygen atoms in total. The van der Waals surface area contributed by atoms with Crippen LogP contribution in [0.3, 0.4) is 0 Å². The number of aromatic nitrogens is 1. The van der Waals surface area contributed by atoms with Crippen molar-refractivity contribution in [3.63, 3.8) is 0 Å². The van der Waals surface area contributed by atoms with Gasteiger partial charge in [0.05, 0.1) is 24.1 Å². The Morgan fingerprint density at radius 1 is 1.35 bits per heavy atom. The molecule has 3 rings (SSSR count). The average molecular weight is 379 g/mol. The summed E-state index contributed by atoms with van der Waals surface area (Å²) in [5.74, 6) is 0.0552. The van der Waals surface area contributed by atoms with E-state index in [1.54, 1.807) is 6.20 Å². The van der Waals surface area contributed by atoms with Crippen molar-refractivity contribution in [1.82, 2.24) is 9.88 Å². The number of nitrogens with one attached hydrogen (secondary N) is 1. The van der Waals surface area contributed by atoms with E-state index < -0.39 is 0 Å². The van der Waals surface area contributed by atoms with E-state index in [9.17, 15) is 4.79 Å². The number of nitrogens with zero attached hydrogens (tertiary/aromatic N) is 2. The Morgan fingerprint density at radius 2 is 2.10 bits per heavy atom. The van der Waals surface area contributed by atoms with Gasteiger partial charge in [-0.1, -0.05) is 29.8 Å². The van der Waals surface area contributed by atoms with Crippen LogP contribution < -0.4 is 5.32 Å². The molecular weight excluding hydrogens is 365 g/mol. The van der Waals surface area contributed by atoms with E-state index in [1.165, 1.54) is 5.56 Å². The van der Waals surface area contributed by atoms with Crippen LogP contribution in [0.25, 0.3) is 0 Å². The maximum absolute atomic E-state index is 12.5. The third kappa shape index (κ3) is 2.63. The van der Waals surface area contributed by atoms with Crippen LogP contribution >= 0.6 is 22.6 Å². The maximum Gasteiger partial charge on any atom is 0.257 e. The lowest BCUT2D eigenvalue weighted by molar-refractivity contribution is 0.0746. The van der Waals surface area contributed by atoms with Gasteiger partial charge in [-0.25, -0.2) is 4.98 Å². The highest BCUT2D eigenvalue weighted by atomic mass is 127. The van der Waals surface area contributed by atoms with E-state index in [4.69, 9.17) is 0 Å². The van der Waals surface area contributed by atoms with Crippen LogP contribution in [0, 0.1) is 10.6 Å². The number of amides is 1. The summed E-state index contributed by atoms with van der Waals surface area (Å²) in [5, 5.41) is 3.24. The SMILES string of the molecule is Cc1ccc(CN2CNc3cnc(I)cc3C2=O)cc1. The highest BCUT2D eigenvalue weighted by molar-refractivity contribution is 14.1. The van der Waals surface area contributed by atoms with Gasteiger partial charge in [0.25, 0.3) is 5.91 Å². The second-order valence-electron chi connectivity index (χ2n) is 4.88. The fourth-order valence-electron chi connectivity index (χ4n) is 2.21. The molecule has 0 saturated heterocycles. The Bertz CT molecular complexity index is 655. The first kappa shape index (κ1) is 13.4. The van der Waals surface area contributed by atoms with Crippen molar-refractivity contribution in [3.8, 4) is 0 Å². The molecule has 5 heteroatoms. The molecule has 0 bridgehead atoms. The standard InChI is InChI=1S/C15H14IN3O/c1-10-2-4-11(5-3-10)8-19-9-18-13-7-17-14(16)6-12(13)15(19)20/h2-7,18H,8-9H2,1H3. The van der Waals surface area contributed by atoms with Crippen molar-refractivity contribution in [2.45, 2.75) is 13.5 Å². The Hall–Kier alpha value is -1.63. The zero-order valence-corrected chi connectivity index (χ0v) is 13.2. The molecule has 0 spiro atoms. The normalized spacial score (nSPS) is 13.9. The van der Waals surface area contributed by atoms with Gasteiger partial charge in [-0.2, -0.15) is 0 Å². The van der Waals surface area contributed by atoms with E-state index >= 15 is 0 Å². The molecule has 1 N–H and O–H groups in total. The summed E-state index contributed by atoms with van der Waals surface area (Å²) in [6.45, 7) is 3.19. The molecular formula is C15H14IN3O. The van der Waals surface area contributed by atoms with Crippen LogP contribution in [-0.2, 0) is 6.54 Å². The minimum atomic E-state index is 0.0552. The quantitative estimate of drug-likeness (QED) is 0.645. The summed E-state index contributed by atoms with van der Waals surface area (Å²) in [7, 11) is 0. The smallest absolute Gasteiger partial charge is 0.257 e. The number of anilines is 1. The molecule has 0 radical (unpaired) electrons. The van der Waals surface area contributed by atoms with Crippen molar-refractivity contribution < 1.29 is 4.79 Å². The summed E-state index contributed by atoms with van der Waals surface area (Å²) in [5.41, 5.74) is 3.87. The monoisotopic (exact) mass is 379 g/mol. The fourth-order valence-corrected chi connectivity index (χ4v) is 2.66. The van der Waals surface area contributed by atoms with Crippen molar-refractivity contribution in [1.29, 1.82) is 0 Å². The van der Waals surface area contributed by atoms with Crippen LogP contribution in [-0.4, -0.2) is 22.5 Å². The zero-order valence-electron chi connectivity index (χ0n) is 11.1. The predicted molar refractivity (Wildman–Crippen MR) is 86.5 cm³/mol. The first-order valence-corrected chi connectivity index (χ1v) is 7.45. The van der Waals surface area contributed by atoms with Gasteiger partial charge >= 0.3 is 0 Å². The van der Waals surface area contributed by atoms with Gasteiger partial charge in [-0.3, -0.25) is 4.79 Å². The molecule has 102 valence electrons. The second kappa shape index (κ2) is 5.40. The fraction of sp³-hybridized carbons (Fsp3) is 0.200. The molecule has 20 heavy (non-hydrogen) atoms. The summed E-state index contributed by atoms with van der Waals surface area (Å²) in [6.07, 6.45) is 1.72. The van der Waals surface area contributed by atoms with Gasteiger partial charge in [0.2, 0.25) is 0 Å². The summed E-state index contributed by atoms with van der Waals surface area (Å²) >= 11 is 2.12. The van der Waals surface area contributed by atoms with Crippen molar-refractivity contribution >= 4 is 34.2 Å². The number of aryl methyl sites for hydroxylation is 1. The number of fused-ring (bicyclic) bond motifs is 1. The van der Waals surface area contributed by atoms with Crippen LogP contribution in [0.5, 0.6) is 0 Å². The van der Waals surface area contributed by atoms with Gasteiger partial charge in [0.1, 0.15) is 3.70 Å². The Morgan fingerprint density at radius 3 is 2.85 bits per heavy atom. The summed E-state index contributed by atoms with van der Waals surface area (Å²) in [6, 6.07) is 10.1. The van der Waals surface area contributed by atoms with Crippen LogP contribution in [0.4, 0.5) is 5.69 Å². The first-order valence-electron chi connectivity index (χ1n) is 6.38. The lowest BCUT2D eigenvalue weighted by Gasteiger charge is -2.29. The summed E-state index contributed by atoms with van der Waals surface area (Å²) < 4.78 is 0.827. The molecule has 1 aromatic carbocycles. The number of halogens is 1. The van der Waals surface area contributed by atoms with Gasteiger partial charge in [-0.05, 0) is 41.1 Å². The average Bonchev–Trinajstić information content (AvgIpc) is 2.45. The van der Waals surface area contributed by atoms with Gasteiger partial charge < -0.3 is 10.2 Å². The van der Waals surface area contributed by atoms with E-state index in [0.717, 1.165) is 15.0 Å². The number of carbonyl (C=O) groups is 1. The number of carbonyl (C=O) groups excluding carboxylic acids is 1. The van der Waals surface area contributed by atoms with Crippen molar-refractivity contribution in [2.24, 2.45) is 0 Å². The van der Waals surface area contributed by atoms with E-state index in [0.29, 0.717) is 18.8 Å². The van der Waals surface area contributed by atoms with E-state index in [2.05, 4.69) is 64.1 Å². The molecule has 2 aromatic rings. The minimum absolute atomic E-state index is 0.0552. The minimum Gasteiger partial charge on any atom is -0.366 e. The van der Waals surface area contributed by atoms with Gasteiger partial charge in [-0.15, -0.1) is 0 Å². The largest absolute Gasteiger partial charge is 0.366 e. The van der Waals surface area contributed by atoms with E-state index in [-0.39, 0.29) is 5.91 Å². The molecule has 0 unspecified atom stereocenters. The molecule has 2 heterocycles. The van der Waals surface area contributed by atoms with Crippen LogP contribution in [0.2, 0.25) is 0 Å². The van der Waals surface area contributed by atoms with Gasteiger partial charge in [0.15, 0.2) is 0 Å². The number of pyridine rings is 1. The van der Waals surface area contributed by atoms with Gasteiger partial charge in [0, 0.05) is 6.54 Å². The Labute approximate surface area is 131 Å². The molecule has 0 atom stereocenters. The molecule has 1 aliphatic rings. The Kier molecular flexibility index (Phi) is 3.60. The van der Waals surface area contributed by atoms with Crippen LogP contribution in [0.1, 0.15) is 21.5 Å². The number of hydrogen-bond donors (Lipinski definition) is 1. The number of hydrogen-bond acceptors (Lipinski definition) is 3. The highest BCUT2D eigenvalue weighted by Crippen LogP contribution is 2.23. The number of rotatable bonds is 2. The lowest BCUT2D eigenvalue weighted by atomic mass is 10.1. The predicted octanol–water partition coefficient (Wildman–Crippen LogP) is 3.02. The third-order valence-electron chi connectivity index (χ3n) is 3.34. The first-order chi connectivity index (χ1) is 9.63. The maximum atomic E-state index is 12.5. The molecule has 0 fully saturated rings. The molecule has 0 saturated carbocycles. The molecule has 1 aliphatic heterocycles. The number of benzene rings is 1. The molecule has 1 amide bonds. The Balaban J connectivity index is 1.83. The van der Waals surface area contributed by atoms with Crippen molar-refractivity contribution in [2.75, 3.05) is 12.0 Å². The molecule has 0 aliphatic carbocycles. The second-order valence-corrected chi connectivity index (χ2v) is 5.98. The highest BCUT2D eigenvalue weighted by Gasteiger charge is 2.24. The summed E-state index contributed by atoms with van der Waals surface area (Å²) in [4.78, 5) is 18.5.